The van der Waals surface area contributed by atoms with Crippen molar-refractivity contribution >= 4 is 34.9 Å². The van der Waals surface area contributed by atoms with Gasteiger partial charge in [-0.05, 0) is 31.0 Å². The highest BCUT2D eigenvalue weighted by atomic mass is 32.2. The largest absolute Gasteiger partial charge is 0.338 e. The minimum absolute atomic E-state index is 0.348. The molecule has 3 heterocycles. The maximum Gasteiger partial charge on any atom is 0.290 e. The molecule has 0 aliphatic carbocycles. The number of hydrogen-bond donors (Lipinski definition) is 1. The fourth-order valence-electron chi connectivity index (χ4n) is 2.16. The Morgan fingerprint density at radius 2 is 2.05 bits per heavy atom. The number of nitrogens with one attached hydrogen (secondary N) is 1. The van der Waals surface area contributed by atoms with Crippen LogP contribution in [0.2, 0.25) is 0 Å². The summed E-state index contributed by atoms with van der Waals surface area (Å²) in [6.07, 6.45) is 3.29. The summed E-state index contributed by atoms with van der Waals surface area (Å²) in [6.45, 7) is 3.71. The van der Waals surface area contributed by atoms with Crippen molar-refractivity contribution in [3.8, 4) is 0 Å². The third-order valence-electron chi connectivity index (χ3n) is 3.37. The van der Waals surface area contributed by atoms with Crippen LogP contribution in [0.15, 0.2) is 17.2 Å². The van der Waals surface area contributed by atoms with Crippen molar-refractivity contribution in [3.05, 3.63) is 22.9 Å². The molecule has 2 amide bonds. The maximum atomic E-state index is 11.5. The van der Waals surface area contributed by atoms with E-state index in [0.29, 0.717) is 16.5 Å². The van der Waals surface area contributed by atoms with Crippen LogP contribution in [-0.4, -0.2) is 59.2 Å². The van der Waals surface area contributed by atoms with Crippen molar-refractivity contribution in [1.29, 1.82) is 0 Å². The summed E-state index contributed by atoms with van der Waals surface area (Å²) < 4.78 is 0. The molecule has 0 bridgehead atoms. The number of carbonyl (C=O) groups excluding carboxylic acids is 2. The van der Waals surface area contributed by atoms with Gasteiger partial charge in [0.1, 0.15) is 0 Å². The van der Waals surface area contributed by atoms with Gasteiger partial charge in [-0.25, -0.2) is 9.97 Å². The van der Waals surface area contributed by atoms with Gasteiger partial charge in [-0.1, -0.05) is 0 Å². The second-order valence-electron chi connectivity index (χ2n) is 4.92. The zero-order valence-corrected chi connectivity index (χ0v) is 12.4. The highest BCUT2D eigenvalue weighted by Crippen LogP contribution is 2.25. The van der Waals surface area contributed by atoms with Crippen LogP contribution in [-0.2, 0) is 4.79 Å². The number of thioether (sulfide) groups is 1. The van der Waals surface area contributed by atoms with Crippen molar-refractivity contribution in [2.75, 3.05) is 38.1 Å². The van der Waals surface area contributed by atoms with Gasteiger partial charge in [0.2, 0.25) is 5.95 Å². The number of carbonyl (C=O) groups is 2. The Morgan fingerprint density at radius 3 is 2.71 bits per heavy atom. The number of imide groups is 1. The van der Waals surface area contributed by atoms with E-state index in [4.69, 9.17) is 0 Å². The zero-order valence-electron chi connectivity index (χ0n) is 11.6. The summed E-state index contributed by atoms with van der Waals surface area (Å²) in [5, 5.41) is 1.88. The second-order valence-corrected chi connectivity index (χ2v) is 5.94. The molecule has 8 heteroatoms. The molecule has 110 valence electrons. The summed E-state index contributed by atoms with van der Waals surface area (Å²) in [4.78, 5) is 36.2. The van der Waals surface area contributed by atoms with Gasteiger partial charge in [0, 0.05) is 32.4 Å². The first-order valence-electron chi connectivity index (χ1n) is 6.63. The quantitative estimate of drug-likeness (QED) is 0.799. The number of piperazine rings is 1. The Morgan fingerprint density at radius 1 is 1.29 bits per heavy atom. The van der Waals surface area contributed by atoms with Gasteiger partial charge in [0.05, 0.1) is 10.6 Å². The molecule has 2 aliphatic heterocycles. The lowest BCUT2D eigenvalue weighted by atomic mass is 10.3. The standard InChI is InChI=1S/C13H15N5O2S/c1-17-4-6-18(7-5-17)12-14-3-2-9(15-12)8-10-11(19)16-13(20)21-10/h2-3,8H,4-7H2,1H3,(H,16,19,20)/b10-8+. The molecule has 1 N–H and O–H groups in total. The van der Waals surface area contributed by atoms with Gasteiger partial charge in [-0.15, -0.1) is 0 Å². The van der Waals surface area contributed by atoms with E-state index < -0.39 is 0 Å². The minimum atomic E-state index is -0.371. The molecular formula is C13H15N5O2S. The van der Waals surface area contributed by atoms with E-state index in [9.17, 15) is 9.59 Å². The molecule has 3 rings (SSSR count). The van der Waals surface area contributed by atoms with E-state index in [-0.39, 0.29) is 11.1 Å². The van der Waals surface area contributed by atoms with E-state index in [2.05, 4.69) is 32.1 Å². The Bertz CT molecular complexity index is 610. The van der Waals surface area contributed by atoms with Gasteiger partial charge >= 0.3 is 0 Å². The second kappa shape index (κ2) is 5.82. The van der Waals surface area contributed by atoms with Gasteiger partial charge in [0.25, 0.3) is 11.1 Å². The number of anilines is 1. The topological polar surface area (TPSA) is 78.4 Å². The van der Waals surface area contributed by atoms with Gasteiger partial charge in [-0.3, -0.25) is 14.9 Å². The fraction of sp³-hybridized carbons (Fsp3) is 0.385. The van der Waals surface area contributed by atoms with Crippen molar-refractivity contribution < 1.29 is 9.59 Å². The third-order valence-corrected chi connectivity index (χ3v) is 4.18. The zero-order chi connectivity index (χ0) is 14.8. The first-order valence-corrected chi connectivity index (χ1v) is 7.45. The minimum Gasteiger partial charge on any atom is -0.338 e. The van der Waals surface area contributed by atoms with E-state index in [1.807, 2.05) is 0 Å². The summed E-state index contributed by atoms with van der Waals surface area (Å²) in [5.41, 5.74) is 0.631. The monoisotopic (exact) mass is 305 g/mol. The van der Waals surface area contributed by atoms with Crippen molar-refractivity contribution in [2.24, 2.45) is 0 Å². The molecule has 7 nitrogen and oxygen atoms in total. The van der Waals surface area contributed by atoms with Crippen LogP contribution in [0.4, 0.5) is 10.7 Å². The number of nitrogens with zero attached hydrogens (tertiary/aromatic N) is 4. The van der Waals surface area contributed by atoms with Crippen molar-refractivity contribution in [2.45, 2.75) is 0 Å². The first kappa shape index (κ1) is 14.0. The summed E-state index contributed by atoms with van der Waals surface area (Å²) in [6, 6.07) is 1.73. The average molecular weight is 305 g/mol. The van der Waals surface area contributed by atoms with Crippen molar-refractivity contribution in [3.63, 3.8) is 0 Å². The highest BCUT2D eigenvalue weighted by Gasteiger charge is 2.25. The maximum absolute atomic E-state index is 11.5. The number of hydrogen-bond acceptors (Lipinski definition) is 7. The number of rotatable bonds is 2. The molecule has 1 aromatic rings. The fourth-order valence-corrected chi connectivity index (χ4v) is 2.82. The molecule has 0 unspecified atom stereocenters. The van der Waals surface area contributed by atoms with Gasteiger partial charge < -0.3 is 9.80 Å². The van der Waals surface area contributed by atoms with Crippen LogP contribution in [0, 0.1) is 0 Å². The van der Waals surface area contributed by atoms with Crippen LogP contribution in [0.5, 0.6) is 0 Å². The predicted octanol–water partition coefficient (Wildman–Crippen LogP) is 0.552. The molecule has 1 aromatic heterocycles. The Labute approximate surface area is 126 Å². The van der Waals surface area contributed by atoms with Crippen molar-refractivity contribution in [1.82, 2.24) is 20.2 Å². The Balaban J connectivity index is 1.79. The number of likely N-dealkylation sites (N-methyl/N-ethyl adjacent to an activating group) is 1. The van der Waals surface area contributed by atoms with Gasteiger partial charge in [-0.2, -0.15) is 0 Å². The molecule has 0 radical (unpaired) electrons. The molecule has 0 saturated carbocycles. The van der Waals surface area contributed by atoms with E-state index in [1.165, 1.54) is 0 Å². The van der Waals surface area contributed by atoms with Crippen LogP contribution >= 0.6 is 11.8 Å². The lowest BCUT2D eigenvalue weighted by Gasteiger charge is -2.32. The predicted molar refractivity (Wildman–Crippen MR) is 80.8 cm³/mol. The lowest BCUT2D eigenvalue weighted by Crippen LogP contribution is -2.45. The normalized spacial score (nSPS) is 22.0. The van der Waals surface area contributed by atoms with Gasteiger partial charge in [0.15, 0.2) is 0 Å². The molecular weight excluding hydrogens is 290 g/mol. The molecule has 21 heavy (non-hydrogen) atoms. The number of aromatic nitrogens is 2. The van der Waals surface area contributed by atoms with Crippen LogP contribution in [0.25, 0.3) is 6.08 Å². The lowest BCUT2D eigenvalue weighted by molar-refractivity contribution is -0.115. The molecule has 2 fully saturated rings. The molecule has 2 aliphatic rings. The van der Waals surface area contributed by atoms with Crippen LogP contribution in [0.3, 0.4) is 0 Å². The van der Waals surface area contributed by atoms with E-state index >= 15 is 0 Å². The smallest absolute Gasteiger partial charge is 0.290 e. The van der Waals surface area contributed by atoms with E-state index in [0.717, 1.165) is 37.9 Å². The molecule has 0 atom stereocenters. The molecule has 0 aromatic carbocycles. The first-order chi connectivity index (χ1) is 10.1. The third kappa shape index (κ3) is 3.22. The van der Waals surface area contributed by atoms with Crippen LogP contribution in [0.1, 0.15) is 5.69 Å². The van der Waals surface area contributed by atoms with E-state index in [1.54, 1.807) is 18.3 Å². The summed E-state index contributed by atoms with van der Waals surface area (Å²) in [7, 11) is 2.09. The average Bonchev–Trinajstić information content (AvgIpc) is 2.78. The highest BCUT2D eigenvalue weighted by molar-refractivity contribution is 8.18. The molecule has 0 spiro atoms. The summed E-state index contributed by atoms with van der Waals surface area (Å²) >= 11 is 0.891. The SMILES string of the molecule is CN1CCN(c2nccc(/C=C3/SC(=O)NC3=O)n2)CC1. The Hall–Kier alpha value is -1.93. The summed E-state index contributed by atoms with van der Waals surface area (Å²) in [5.74, 6) is 0.289. The number of amides is 2. The molecule has 2 saturated heterocycles. The Kier molecular flexibility index (Phi) is 3.89. The van der Waals surface area contributed by atoms with Crippen LogP contribution < -0.4 is 10.2 Å².